The van der Waals surface area contributed by atoms with Crippen LogP contribution in [0.25, 0.3) is 0 Å². The Morgan fingerprint density at radius 3 is 3.07 bits per heavy atom. The van der Waals surface area contributed by atoms with E-state index in [0.717, 1.165) is 12.1 Å². The lowest BCUT2D eigenvalue weighted by atomic mass is 10.3. The first kappa shape index (κ1) is 9.89. The number of hydrogen-bond donors (Lipinski definition) is 2. The largest absolute Gasteiger partial charge is 0.370 e. The number of nitrogens with zero attached hydrogens (tertiary/aromatic N) is 3. The molecular weight excluding hydrogens is 190 g/mol. The van der Waals surface area contributed by atoms with Crippen molar-refractivity contribution >= 4 is 5.96 Å². The van der Waals surface area contributed by atoms with Gasteiger partial charge in [-0.05, 0) is 12.8 Å². The highest BCUT2D eigenvalue weighted by atomic mass is 15.1. The lowest BCUT2D eigenvalue weighted by Crippen LogP contribution is -2.33. The molecule has 80 valence electrons. The van der Waals surface area contributed by atoms with E-state index in [1.807, 2.05) is 0 Å². The monoisotopic (exact) mass is 205 g/mol. The first-order valence-corrected chi connectivity index (χ1v) is 5.16. The molecule has 1 aliphatic rings. The topological polar surface area (TPSA) is 76.2 Å². The average molecular weight is 205 g/mol. The second-order valence-corrected chi connectivity index (χ2v) is 3.63. The standard InChI is InChI=1S/C10H15N5/c11-10(15-8-1-2-8)14-4-3-9-7-12-5-6-13-9/h5-8H,1-4H2,(H3,11,14,15). The summed E-state index contributed by atoms with van der Waals surface area (Å²) < 4.78 is 0. The highest BCUT2D eigenvalue weighted by molar-refractivity contribution is 5.78. The highest BCUT2D eigenvalue weighted by Gasteiger charge is 2.21. The van der Waals surface area contributed by atoms with Crippen LogP contribution in [0.3, 0.4) is 0 Å². The van der Waals surface area contributed by atoms with Crippen molar-refractivity contribution in [1.29, 1.82) is 0 Å². The summed E-state index contributed by atoms with van der Waals surface area (Å²) in [5.41, 5.74) is 6.63. The molecule has 1 aromatic rings. The van der Waals surface area contributed by atoms with E-state index in [0.29, 0.717) is 18.5 Å². The predicted molar refractivity (Wildman–Crippen MR) is 58.4 cm³/mol. The Hall–Kier alpha value is -1.65. The smallest absolute Gasteiger partial charge is 0.188 e. The molecule has 0 bridgehead atoms. The summed E-state index contributed by atoms with van der Waals surface area (Å²) >= 11 is 0. The van der Waals surface area contributed by atoms with Crippen molar-refractivity contribution in [2.75, 3.05) is 6.54 Å². The maximum atomic E-state index is 5.68. The zero-order valence-electron chi connectivity index (χ0n) is 8.56. The van der Waals surface area contributed by atoms with Crippen molar-refractivity contribution in [3.63, 3.8) is 0 Å². The zero-order valence-corrected chi connectivity index (χ0v) is 8.56. The fourth-order valence-corrected chi connectivity index (χ4v) is 1.23. The number of hydrogen-bond acceptors (Lipinski definition) is 3. The van der Waals surface area contributed by atoms with Crippen LogP contribution in [0.5, 0.6) is 0 Å². The van der Waals surface area contributed by atoms with Crippen molar-refractivity contribution in [1.82, 2.24) is 15.3 Å². The molecule has 0 radical (unpaired) electrons. The van der Waals surface area contributed by atoms with Crippen LogP contribution >= 0.6 is 0 Å². The van der Waals surface area contributed by atoms with E-state index >= 15 is 0 Å². The summed E-state index contributed by atoms with van der Waals surface area (Å²) in [5.74, 6) is 0.543. The normalized spacial score (nSPS) is 16.4. The Labute approximate surface area is 88.8 Å². The third kappa shape index (κ3) is 3.53. The van der Waals surface area contributed by atoms with Gasteiger partial charge in [-0.25, -0.2) is 0 Å². The molecule has 0 aromatic carbocycles. The molecular formula is C10H15N5. The Balaban J connectivity index is 1.73. The van der Waals surface area contributed by atoms with Crippen LogP contribution in [0, 0.1) is 0 Å². The van der Waals surface area contributed by atoms with Crippen LogP contribution in [0.15, 0.2) is 23.6 Å². The van der Waals surface area contributed by atoms with Gasteiger partial charge >= 0.3 is 0 Å². The summed E-state index contributed by atoms with van der Waals surface area (Å²) in [4.78, 5) is 12.4. The lowest BCUT2D eigenvalue weighted by Gasteiger charge is -2.02. The van der Waals surface area contributed by atoms with Crippen LogP contribution in [0.4, 0.5) is 0 Å². The van der Waals surface area contributed by atoms with Gasteiger partial charge in [-0.2, -0.15) is 0 Å². The van der Waals surface area contributed by atoms with Gasteiger partial charge < -0.3 is 11.1 Å². The molecule has 1 saturated carbocycles. The minimum absolute atomic E-state index is 0.543. The van der Waals surface area contributed by atoms with Crippen LogP contribution in [-0.4, -0.2) is 28.5 Å². The van der Waals surface area contributed by atoms with E-state index in [-0.39, 0.29) is 0 Å². The van der Waals surface area contributed by atoms with Gasteiger partial charge in [-0.3, -0.25) is 15.0 Å². The van der Waals surface area contributed by atoms with Crippen LogP contribution in [0.1, 0.15) is 18.5 Å². The first-order chi connectivity index (χ1) is 7.34. The van der Waals surface area contributed by atoms with E-state index in [4.69, 9.17) is 5.73 Å². The van der Waals surface area contributed by atoms with E-state index < -0.39 is 0 Å². The van der Waals surface area contributed by atoms with Gasteiger partial charge in [0, 0.05) is 37.6 Å². The fraction of sp³-hybridized carbons (Fsp3) is 0.500. The van der Waals surface area contributed by atoms with Gasteiger partial charge in [0.1, 0.15) is 0 Å². The molecule has 3 N–H and O–H groups in total. The fourth-order valence-electron chi connectivity index (χ4n) is 1.23. The number of aliphatic imine (C=N–C) groups is 1. The van der Waals surface area contributed by atoms with Crippen LogP contribution in [0.2, 0.25) is 0 Å². The molecule has 0 amide bonds. The molecule has 0 atom stereocenters. The van der Waals surface area contributed by atoms with E-state index in [1.165, 1.54) is 12.8 Å². The molecule has 0 unspecified atom stereocenters. The van der Waals surface area contributed by atoms with Crippen molar-refractivity contribution in [3.8, 4) is 0 Å². The highest BCUT2D eigenvalue weighted by Crippen LogP contribution is 2.17. The average Bonchev–Trinajstić information content (AvgIpc) is 3.03. The second kappa shape index (κ2) is 4.72. The molecule has 1 heterocycles. The van der Waals surface area contributed by atoms with Crippen LogP contribution in [-0.2, 0) is 6.42 Å². The molecule has 5 heteroatoms. The minimum Gasteiger partial charge on any atom is -0.370 e. The molecule has 1 aliphatic carbocycles. The Bertz CT molecular complexity index is 331. The second-order valence-electron chi connectivity index (χ2n) is 3.63. The van der Waals surface area contributed by atoms with E-state index in [2.05, 4.69) is 20.3 Å². The Kier molecular flexibility index (Phi) is 3.11. The van der Waals surface area contributed by atoms with Crippen LogP contribution < -0.4 is 11.1 Å². The van der Waals surface area contributed by atoms with Crippen molar-refractivity contribution in [3.05, 3.63) is 24.3 Å². The molecule has 1 aromatic heterocycles. The predicted octanol–water partition coefficient (Wildman–Crippen LogP) is 0.0858. The molecule has 15 heavy (non-hydrogen) atoms. The third-order valence-electron chi connectivity index (χ3n) is 2.20. The van der Waals surface area contributed by atoms with Gasteiger partial charge in [-0.15, -0.1) is 0 Å². The Morgan fingerprint density at radius 1 is 1.53 bits per heavy atom. The van der Waals surface area contributed by atoms with Gasteiger partial charge in [0.15, 0.2) is 5.96 Å². The minimum atomic E-state index is 0.543. The zero-order chi connectivity index (χ0) is 10.5. The molecule has 1 fully saturated rings. The van der Waals surface area contributed by atoms with Gasteiger partial charge in [0.25, 0.3) is 0 Å². The number of aromatic nitrogens is 2. The summed E-state index contributed by atoms with van der Waals surface area (Å²) in [6.45, 7) is 0.657. The SMILES string of the molecule is NC(=NCCc1cnccn1)NC1CC1. The van der Waals surface area contributed by atoms with Gasteiger partial charge in [0.2, 0.25) is 0 Å². The van der Waals surface area contributed by atoms with Crippen molar-refractivity contribution in [2.24, 2.45) is 10.7 Å². The number of nitrogens with two attached hydrogens (primary N) is 1. The van der Waals surface area contributed by atoms with Gasteiger partial charge in [0.05, 0.1) is 5.69 Å². The van der Waals surface area contributed by atoms with Gasteiger partial charge in [-0.1, -0.05) is 0 Å². The number of nitrogens with one attached hydrogen (secondary N) is 1. The maximum absolute atomic E-state index is 5.68. The van der Waals surface area contributed by atoms with Crippen molar-refractivity contribution in [2.45, 2.75) is 25.3 Å². The quantitative estimate of drug-likeness (QED) is 0.539. The summed E-state index contributed by atoms with van der Waals surface area (Å²) in [6.07, 6.45) is 8.29. The molecule has 0 saturated heterocycles. The third-order valence-corrected chi connectivity index (χ3v) is 2.20. The lowest BCUT2D eigenvalue weighted by molar-refractivity contribution is 0.857. The summed E-state index contributed by atoms with van der Waals surface area (Å²) in [7, 11) is 0. The molecule has 0 spiro atoms. The molecule has 0 aliphatic heterocycles. The summed E-state index contributed by atoms with van der Waals surface area (Å²) in [5, 5.41) is 3.13. The van der Waals surface area contributed by atoms with Crippen molar-refractivity contribution < 1.29 is 0 Å². The summed E-state index contributed by atoms with van der Waals surface area (Å²) in [6, 6.07) is 0.560. The molecule has 5 nitrogen and oxygen atoms in total. The Morgan fingerprint density at radius 2 is 2.40 bits per heavy atom. The number of guanidine groups is 1. The van der Waals surface area contributed by atoms with E-state index in [9.17, 15) is 0 Å². The maximum Gasteiger partial charge on any atom is 0.188 e. The van der Waals surface area contributed by atoms with E-state index in [1.54, 1.807) is 18.6 Å². The number of rotatable bonds is 4. The first-order valence-electron chi connectivity index (χ1n) is 5.16. The molecule has 2 rings (SSSR count).